The Balaban J connectivity index is 0.000000140. The highest BCUT2D eigenvalue weighted by Gasteiger charge is 2.22. The molecule has 0 atom stereocenters. The first-order valence-electron chi connectivity index (χ1n) is 5.19. The third-order valence-electron chi connectivity index (χ3n) is 2.23. The van der Waals surface area contributed by atoms with Crippen LogP contribution >= 0.6 is 23.5 Å². The van der Waals surface area contributed by atoms with Crippen LogP contribution in [0.5, 0.6) is 0 Å². The Morgan fingerprint density at radius 2 is 1.14 bits per heavy atom. The van der Waals surface area contributed by atoms with E-state index >= 15 is 0 Å². The van der Waals surface area contributed by atoms with Gasteiger partial charge in [0.1, 0.15) is 0 Å². The first-order valence-corrected chi connectivity index (χ1v) is 7.16. The molecular weight excluding hydrogens is 212 g/mol. The second kappa shape index (κ2) is 5.10. The quantitative estimate of drug-likeness (QED) is 0.670. The molecule has 14 heavy (non-hydrogen) atoms. The van der Waals surface area contributed by atoms with Gasteiger partial charge < -0.3 is 10.6 Å². The Bertz CT molecular complexity index is 145. The van der Waals surface area contributed by atoms with Crippen LogP contribution in [0.25, 0.3) is 0 Å². The average molecular weight is 234 g/mol. The van der Waals surface area contributed by atoms with Crippen LogP contribution in [0, 0.1) is 0 Å². The zero-order valence-electron chi connectivity index (χ0n) is 9.64. The van der Waals surface area contributed by atoms with Gasteiger partial charge in [-0.05, 0) is 27.7 Å². The predicted octanol–water partition coefficient (Wildman–Crippen LogP) is 2.12. The Labute approximate surface area is 96.4 Å². The molecule has 0 aromatic carbocycles. The van der Waals surface area contributed by atoms with E-state index in [9.17, 15) is 0 Å². The molecule has 0 aromatic rings. The van der Waals surface area contributed by atoms with Crippen LogP contribution in [0.3, 0.4) is 0 Å². The molecule has 2 nitrogen and oxygen atoms in total. The lowest BCUT2D eigenvalue weighted by Gasteiger charge is -2.14. The first kappa shape index (κ1) is 12.7. The number of hydrogen-bond donors (Lipinski definition) is 2. The van der Waals surface area contributed by atoms with Gasteiger partial charge >= 0.3 is 0 Å². The van der Waals surface area contributed by atoms with Crippen LogP contribution in [0.1, 0.15) is 27.7 Å². The third-order valence-corrected chi connectivity index (χ3v) is 4.78. The SMILES string of the molecule is CC1(C)NCCS1.CC1(C)NCCS1. The predicted molar refractivity (Wildman–Crippen MR) is 69.1 cm³/mol. The van der Waals surface area contributed by atoms with Crippen LogP contribution < -0.4 is 10.6 Å². The highest BCUT2D eigenvalue weighted by molar-refractivity contribution is 8.01. The molecule has 84 valence electrons. The van der Waals surface area contributed by atoms with Crippen molar-refractivity contribution in [3.8, 4) is 0 Å². The van der Waals surface area contributed by atoms with Gasteiger partial charge in [-0.3, -0.25) is 0 Å². The maximum absolute atomic E-state index is 3.36. The summed E-state index contributed by atoms with van der Waals surface area (Å²) in [7, 11) is 0. The van der Waals surface area contributed by atoms with E-state index in [0.29, 0.717) is 9.74 Å². The summed E-state index contributed by atoms with van der Waals surface area (Å²) < 4.78 is 0. The molecule has 0 saturated carbocycles. The summed E-state index contributed by atoms with van der Waals surface area (Å²) in [5.74, 6) is 2.54. The summed E-state index contributed by atoms with van der Waals surface area (Å²) in [6, 6.07) is 0. The fourth-order valence-corrected chi connectivity index (χ4v) is 3.26. The van der Waals surface area contributed by atoms with Crippen molar-refractivity contribution < 1.29 is 0 Å². The minimum atomic E-state index is 0.361. The maximum atomic E-state index is 3.36. The number of thioether (sulfide) groups is 2. The average Bonchev–Trinajstić information content (AvgIpc) is 2.60. The van der Waals surface area contributed by atoms with Crippen molar-refractivity contribution in [2.75, 3.05) is 24.6 Å². The monoisotopic (exact) mass is 234 g/mol. The van der Waals surface area contributed by atoms with E-state index in [1.165, 1.54) is 24.6 Å². The van der Waals surface area contributed by atoms with Crippen molar-refractivity contribution in [1.29, 1.82) is 0 Å². The number of hydrogen-bond acceptors (Lipinski definition) is 4. The van der Waals surface area contributed by atoms with Gasteiger partial charge in [-0.15, -0.1) is 23.5 Å². The van der Waals surface area contributed by atoms with Crippen molar-refractivity contribution in [3.63, 3.8) is 0 Å². The summed E-state index contributed by atoms with van der Waals surface area (Å²) in [6.45, 7) is 11.2. The van der Waals surface area contributed by atoms with E-state index in [1.54, 1.807) is 0 Å². The van der Waals surface area contributed by atoms with Crippen LogP contribution in [0.4, 0.5) is 0 Å². The molecule has 0 bridgehead atoms. The molecule has 2 N–H and O–H groups in total. The van der Waals surface area contributed by atoms with Gasteiger partial charge in [0.25, 0.3) is 0 Å². The normalized spacial score (nSPS) is 28.3. The molecule has 0 aromatic heterocycles. The molecule has 0 aliphatic carbocycles. The zero-order chi connectivity index (χ0) is 10.7. The van der Waals surface area contributed by atoms with Crippen LogP contribution in [0.2, 0.25) is 0 Å². The number of rotatable bonds is 0. The van der Waals surface area contributed by atoms with Crippen LogP contribution in [-0.4, -0.2) is 34.3 Å². The maximum Gasteiger partial charge on any atom is 0.0588 e. The van der Waals surface area contributed by atoms with E-state index < -0.39 is 0 Å². The lowest BCUT2D eigenvalue weighted by atomic mass is 10.4. The van der Waals surface area contributed by atoms with Crippen molar-refractivity contribution in [2.45, 2.75) is 37.4 Å². The van der Waals surface area contributed by atoms with E-state index in [-0.39, 0.29) is 0 Å². The summed E-state index contributed by atoms with van der Waals surface area (Å²) in [5.41, 5.74) is 0. The first-order chi connectivity index (χ1) is 6.41. The van der Waals surface area contributed by atoms with E-state index in [1.807, 2.05) is 23.5 Å². The second-order valence-electron chi connectivity index (χ2n) is 4.57. The summed E-state index contributed by atoms with van der Waals surface area (Å²) in [5, 5.41) is 6.72. The standard InChI is InChI=1S/2C5H11NS/c2*1-5(2)6-3-4-7-5/h2*6H,3-4H2,1-2H3. The molecule has 2 heterocycles. The van der Waals surface area contributed by atoms with E-state index in [4.69, 9.17) is 0 Å². The van der Waals surface area contributed by atoms with Crippen molar-refractivity contribution in [2.24, 2.45) is 0 Å². The van der Waals surface area contributed by atoms with E-state index in [0.717, 1.165) is 0 Å². The minimum Gasteiger partial charge on any atom is -0.302 e. The molecule has 0 unspecified atom stereocenters. The van der Waals surface area contributed by atoms with Gasteiger partial charge in [-0.2, -0.15) is 0 Å². The molecule has 2 saturated heterocycles. The third kappa shape index (κ3) is 4.91. The summed E-state index contributed by atoms with van der Waals surface area (Å²) >= 11 is 3.98. The molecule has 2 rings (SSSR count). The molecule has 2 aliphatic rings. The number of nitrogens with one attached hydrogen (secondary N) is 2. The summed E-state index contributed by atoms with van der Waals surface area (Å²) in [6.07, 6.45) is 0. The smallest absolute Gasteiger partial charge is 0.0588 e. The Morgan fingerprint density at radius 3 is 1.21 bits per heavy atom. The molecule has 0 amide bonds. The molecular formula is C10H22N2S2. The fraction of sp³-hybridized carbons (Fsp3) is 1.00. The Morgan fingerprint density at radius 1 is 0.786 bits per heavy atom. The minimum absolute atomic E-state index is 0.361. The fourth-order valence-electron chi connectivity index (χ4n) is 1.42. The molecule has 4 heteroatoms. The largest absolute Gasteiger partial charge is 0.302 e. The lowest BCUT2D eigenvalue weighted by Crippen LogP contribution is -2.29. The molecule has 2 fully saturated rings. The van der Waals surface area contributed by atoms with Crippen molar-refractivity contribution in [3.05, 3.63) is 0 Å². The van der Waals surface area contributed by atoms with Gasteiger partial charge in [0.15, 0.2) is 0 Å². The molecule has 0 spiro atoms. The van der Waals surface area contributed by atoms with Gasteiger partial charge in [0.05, 0.1) is 9.74 Å². The molecule has 0 radical (unpaired) electrons. The Hall–Kier alpha value is 0.620. The van der Waals surface area contributed by atoms with Crippen LogP contribution in [0.15, 0.2) is 0 Å². The summed E-state index contributed by atoms with van der Waals surface area (Å²) in [4.78, 5) is 0.722. The van der Waals surface area contributed by atoms with Crippen LogP contribution in [-0.2, 0) is 0 Å². The van der Waals surface area contributed by atoms with Gasteiger partial charge in [-0.25, -0.2) is 0 Å². The van der Waals surface area contributed by atoms with Crippen molar-refractivity contribution >= 4 is 23.5 Å². The zero-order valence-corrected chi connectivity index (χ0v) is 11.3. The topological polar surface area (TPSA) is 24.1 Å². The Kier molecular flexibility index (Phi) is 4.62. The lowest BCUT2D eigenvalue weighted by molar-refractivity contribution is 0.593. The van der Waals surface area contributed by atoms with Crippen molar-refractivity contribution in [1.82, 2.24) is 10.6 Å². The van der Waals surface area contributed by atoms with E-state index in [2.05, 4.69) is 38.3 Å². The second-order valence-corrected chi connectivity index (χ2v) is 8.01. The molecule has 2 aliphatic heterocycles. The van der Waals surface area contributed by atoms with Gasteiger partial charge in [-0.1, -0.05) is 0 Å². The highest BCUT2D eigenvalue weighted by Crippen LogP contribution is 2.25. The van der Waals surface area contributed by atoms with Gasteiger partial charge in [0.2, 0.25) is 0 Å². The highest BCUT2D eigenvalue weighted by atomic mass is 32.2. The van der Waals surface area contributed by atoms with Gasteiger partial charge in [0, 0.05) is 24.6 Å².